The van der Waals surface area contributed by atoms with Crippen LogP contribution in [0.3, 0.4) is 0 Å². The Bertz CT molecular complexity index is 879. The first kappa shape index (κ1) is 29.2. The van der Waals surface area contributed by atoms with Crippen molar-refractivity contribution in [1.29, 1.82) is 0 Å². The van der Waals surface area contributed by atoms with E-state index in [1.54, 1.807) is 0 Å². The van der Waals surface area contributed by atoms with Crippen molar-refractivity contribution in [2.24, 2.45) is 0 Å². The van der Waals surface area contributed by atoms with Crippen LogP contribution >= 0.6 is 0 Å². The summed E-state index contributed by atoms with van der Waals surface area (Å²) >= 11 is 0. The van der Waals surface area contributed by atoms with E-state index < -0.39 is 12.1 Å². The largest absolute Gasteiger partial charge is 0.492 e. The van der Waals surface area contributed by atoms with Gasteiger partial charge in [0, 0.05) is 26.1 Å². The van der Waals surface area contributed by atoms with E-state index in [4.69, 9.17) is 9.47 Å². The molecule has 0 fully saturated rings. The lowest BCUT2D eigenvalue weighted by Gasteiger charge is -2.27. The highest BCUT2D eigenvalue weighted by atomic mass is 16.5. The van der Waals surface area contributed by atoms with E-state index in [9.17, 15) is 9.59 Å². The van der Waals surface area contributed by atoms with Crippen LogP contribution in [0.25, 0.3) is 0 Å². The molecule has 0 aliphatic rings. The monoisotopic (exact) mass is 497 g/mol. The Morgan fingerprint density at radius 1 is 0.833 bits per heavy atom. The molecule has 2 amide bonds. The van der Waals surface area contributed by atoms with Crippen molar-refractivity contribution >= 4 is 12.0 Å². The minimum atomic E-state index is -0.708. The number of amides is 2. The SMILES string of the molecule is CCCN(CCC)C(=O)[C@H](Cc1ccc(OCCN(CC)CC)cc1)NC(=O)OCc1ccccc1. The fourth-order valence-electron chi connectivity index (χ4n) is 3.99. The van der Waals surface area contributed by atoms with Crippen molar-refractivity contribution in [3.8, 4) is 5.75 Å². The highest BCUT2D eigenvalue weighted by Crippen LogP contribution is 2.15. The summed E-state index contributed by atoms with van der Waals surface area (Å²) in [4.78, 5) is 30.1. The molecule has 0 spiro atoms. The molecule has 36 heavy (non-hydrogen) atoms. The maximum Gasteiger partial charge on any atom is 0.408 e. The zero-order valence-electron chi connectivity index (χ0n) is 22.4. The molecule has 0 heterocycles. The van der Waals surface area contributed by atoms with Gasteiger partial charge < -0.3 is 24.6 Å². The number of nitrogens with one attached hydrogen (secondary N) is 1. The van der Waals surface area contributed by atoms with Gasteiger partial charge >= 0.3 is 6.09 Å². The van der Waals surface area contributed by atoms with E-state index in [-0.39, 0.29) is 12.5 Å². The molecular formula is C29H43N3O4. The van der Waals surface area contributed by atoms with Crippen molar-refractivity contribution in [3.63, 3.8) is 0 Å². The van der Waals surface area contributed by atoms with Crippen LogP contribution in [0.4, 0.5) is 4.79 Å². The Balaban J connectivity index is 2.04. The average molecular weight is 498 g/mol. The number of rotatable bonds is 16. The molecule has 0 aliphatic heterocycles. The molecule has 0 unspecified atom stereocenters. The summed E-state index contributed by atoms with van der Waals surface area (Å²) in [5, 5.41) is 2.82. The van der Waals surface area contributed by atoms with Crippen molar-refractivity contribution < 1.29 is 19.1 Å². The van der Waals surface area contributed by atoms with Crippen molar-refractivity contribution in [2.75, 3.05) is 39.3 Å². The van der Waals surface area contributed by atoms with Gasteiger partial charge in [-0.1, -0.05) is 70.2 Å². The van der Waals surface area contributed by atoms with E-state index in [1.165, 1.54) is 0 Å². The summed E-state index contributed by atoms with van der Waals surface area (Å²) < 4.78 is 11.3. The van der Waals surface area contributed by atoms with Gasteiger partial charge in [-0.3, -0.25) is 4.79 Å². The highest BCUT2D eigenvalue weighted by molar-refractivity contribution is 5.86. The second kappa shape index (κ2) is 16.6. The molecule has 0 aliphatic carbocycles. The van der Waals surface area contributed by atoms with Gasteiger partial charge in [-0.05, 0) is 49.2 Å². The number of hydrogen-bond acceptors (Lipinski definition) is 5. The zero-order valence-corrected chi connectivity index (χ0v) is 22.4. The van der Waals surface area contributed by atoms with Crippen LogP contribution in [0.5, 0.6) is 5.75 Å². The minimum Gasteiger partial charge on any atom is -0.492 e. The van der Waals surface area contributed by atoms with Crippen LogP contribution in [0.1, 0.15) is 51.7 Å². The third-order valence-electron chi connectivity index (χ3n) is 6.04. The van der Waals surface area contributed by atoms with E-state index in [0.29, 0.717) is 26.1 Å². The van der Waals surface area contributed by atoms with Crippen molar-refractivity contribution in [2.45, 2.75) is 59.6 Å². The molecule has 0 saturated carbocycles. The van der Waals surface area contributed by atoms with Gasteiger partial charge in [-0.15, -0.1) is 0 Å². The van der Waals surface area contributed by atoms with Crippen molar-refractivity contribution in [3.05, 3.63) is 65.7 Å². The third kappa shape index (κ3) is 10.3. The second-order valence-corrected chi connectivity index (χ2v) is 8.81. The van der Waals surface area contributed by atoms with E-state index >= 15 is 0 Å². The van der Waals surface area contributed by atoms with Crippen LogP contribution in [0.2, 0.25) is 0 Å². The number of nitrogens with zero attached hydrogens (tertiary/aromatic N) is 2. The standard InChI is InChI=1S/C29H43N3O4/c1-5-18-32(19-6-2)28(33)27(30-29(34)36-23-25-12-10-9-11-13-25)22-24-14-16-26(17-15-24)35-21-20-31(7-3)8-4/h9-17,27H,5-8,18-23H2,1-4H3,(H,30,34)/t27-/m0/s1. The Labute approximate surface area is 216 Å². The van der Waals surface area contributed by atoms with Crippen LogP contribution < -0.4 is 10.1 Å². The number of hydrogen-bond donors (Lipinski definition) is 1. The predicted octanol–water partition coefficient (Wildman–Crippen LogP) is 4.89. The second-order valence-electron chi connectivity index (χ2n) is 8.81. The molecule has 2 rings (SSSR count). The van der Waals surface area contributed by atoms with E-state index in [2.05, 4.69) is 24.1 Å². The molecule has 7 nitrogen and oxygen atoms in total. The zero-order chi connectivity index (χ0) is 26.2. The molecule has 1 atom stereocenters. The molecule has 2 aromatic carbocycles. The molecule has 0 radical (unpaired) electrons. The van der Waals surface area contributed by atoms with Gasteiger partial charge in [-0.25, -0.2) is 4.79 Å². The van der Waals surface area contributed by atoms with Crippen LogP contribution in [-0.4, -0.2) is 67.2 Å². The lowest BCUT2D eigenvalue weighted by Crippen LogP contribution is -2.50. The third-order valence-corrected chi connectivity index (χ3v) is 6.04. The number of benzene rings is 2. The topological polar surface area (TPSA) is 71.1 Å². The number of likely N-dealkylation sites (N-methyl/N-ethyl adjacent to an activating group) is 1. The van der Waals surface area contributed by atoms with Gasteiger partial charge in [0.1, 0.15) is 25.0 Å². The lowest BCUT2D eigenvalue weighted by atomic mass is 10.0. The van der Waals surface area contributed by atoms with Gasteiger partial charge in [0.2, 0.25) is 5.91 Å². The molecule has 0 saturated heterocycles. The fourth-order valence-corrected chi connectivity index (χ4v) is 3.99. The summed E-state index contributed by atoms with van der Waals surface area (Å²) in [6, 6.07) is 16.5. The molecule has 1 N–H and O–H groups in total. The Morgan fingerprint density at radius 2 is 1.47 bits per heavy atom. The first-order valence-electron chi connectivity index (χ1n) is 13.2. The number of alkyl carbamates (subject to hydrolysis) is 1. The minimum absolute atomic E-state index is 0.0880. The van der Waals surface area contributed by atoms with Crippen LogP contribution in [-0.2, 0) is 22.6 Å². The smallest absolute Gasteiger partial charge is 0.408 e. The summed E-state index contributed by atoms with van der Waals surface area (Å²) in [5.74, 6) is 0.706. The summed E-state index contributed by atoms with van der Waals surface area (Å²) in [7, 11) is 0. The molecule has 0 aromatic heterocycles. The van der Waals surface area contributed by atoms with Crippen LogP contribution in [0.15, 0.2) is 54.6 Å². The maximum absolute atomic E-state index is 13.4. The van der Waals surface area contributed by atoms with E-state index in [1.807, 2.05) is 73.3 Å². The van der Waals surface area contributed by atoms with Gasteiger partial charge in [-0.2, -0.15) is 0 Å². The number of carbonyl (C=O) groups is 2. The van der Waals surface area contributed by atoms with Crippen molar-refractivity contribution in [1.82, 2.24) is 15.1 Å². The predicted molar refractivity (Wildman–Crippen MR) is 144 cm³/mol. The molecular weight excluding hydrogens is 454 g/mol. The number of carbonyl (C=O) groups excluding carboxylic acids is 2. The Hall–Kier alpha value is -3.06. The molecule has 198 valence electrons. The summed E-state index contributed by atoms with van der Waals surface area (Å²) in [6.45, 7) is 13.4. The van der Waals surface area contributed by atoms with E-state index in [0.717, 1.165) is 49.4 Å². The first-order valence-corrected chi connectivity index (χ1v) is 13.2. The Kier molecular flexibility index (Phi) is 13.4. The molecule has 2 aromatic rings. The highest BCUT2D eigenvalue weighted by Gasteiger charge is 2.26. The van der Waals surface area contributed by atoms with Gasteiger partial charge in [0.15, 0.2) is 0 Å². The number of ether oxygens (including phenoxy) is 2. The fraction of sp³-hybridized carbons (Fsp3) is 0.517. The quantitative estimate of drug-likeness (QED) is 0.357. The van der Waals surface area contributed by atoms with Gasteiger partial charge in [0.05, 0.1) is 0 Å². The van der Waals surface area contributed by atoms with Crippen LogP contribution in [0, 0.1) is 0 Å². The normalized spacial score (nSPS) is 11.7. The summed E-state index contributed by atoms with van der Waals surface area (Å²) in [5.41, 5.74) is 1.84. The van der Waals surface area contributed by atoms with Gasteiger partial charge in [0.25, 0.3) is 0 Å². The summed E-state index contributed by atoms with van der Waals surface area (Å²) in [6.07, 6.45) is 1.50. The average Bonchev–Trinajstić information content (AvgIpc) is 2.90. The Morgan fingerprint density at radius 3 is 2.06 bits per heavy atom. The molecule has 7 heteroatoms. The lowest BCUT2D eigenvalue weighted by molar-refractivity contribution is -0.133. The molecule has 0 bridgehead atoms. The maximum atomic E-state index is 13.4. The first-order chi connectivity index (χ1) is 17.5.